The lowest BCUT2D eigenvalue weighted by molar-refractivity contribution is 1.10. The van der Waals surface area contributed by atoms with Crippen molar-refractivity contribution in [1.82, 2.24) is 9.97 Å². The SMILES string of the molecule is CCc1cc2c(SCc3ccccc3C)ncnc2s1. The van der Waals surface area contributed by atoms with Gasteiger partial charge in [-0.3, -0.25) is 0 Å². The zero-order valence-corrected chi connectivity index (χ0v) is 13.2. The second kappa shape index (κ2) is 5.94. The minimum Gasteiger partial charge on any atom is -0.229 e. The molecule has 0 aliphatic carbocycles. The Morgan fingerprint density at radius 1 is 1.20 bits per heavy atom. The summed E-state index contributed by atoms with van der Waals surface area (Å²) in [7, 11) is 0. The van der Waals surface area contributed by atoms with E-state index in [1.165, 1.54) is 21.4 Å². The molecule has 3 rings (SSSR count). The number of thiophene rings is 1. The highest BCUT2D eigenvalue weighted by atomic mass is 32.2. The molecule has 1 aromatic carbocycles. The predicted molar refractivity (Wildman–Crippen MR) is 87.5 cm³/mol. The number of hydrogen-bond donors (Lipinski definition) is 0. The van der Waals surface area contributed by atoms with Gasteiger partial charge in [-0.2, -0.15) is 0 Å². The smallest absolute Gasteiger partial charge is 0.128 e. The summed E-state index contributed by atoms with van der Waals surface area (Å²) in [5, 5.41) is 2.29. The van der Waals surface area contributed by atoms with Crippen molar-refractivity contribution < 1.29 is 0 Å². The quantitative estimate of drug-likeness (QED) is 0.508. The number of nitrogens with zero attached hydrogens (tertiary/aromatic N) is 2. The van der Waals surface area contributed by atoms with Crippen molar-refractivity contribution in [2.75, 3.05) is 0 Å². The highest BCUT2D eigenvalue weighted by molar-refractivity contribution is 7.98. The minimum absolute atomic E-state index is 0.954. The molecule has 0 saturated heterocycles. The van der Waals surface area contributed by atoms with Gasteiger partial charge in [-0.1, -0.05) is 31.2 Å². The summed E-state index contributed by atoms with van der Waals surface area (Å²) in [6.07, 6.45) is 2.74. The Morgan fingerprint density at radius 3 is 2.85 bits per heavy atom. The summed E-state index contributed by atoms with van der Waals surface area (Å²) in [5.74, 6) is 0.954. The van der Waals surface area contributed by atoms with E-state index >= 15 is 0 Å². The maximum absolute atomic E-state index is 4.46. The van der Waals surface area contributed by atoms with Crippen LogP contribution in [0.5, 0.6) is 0 Å². The van der Waals surface area contributed by atoms with E-state index < -0.39 is 0 Å². The molecule has 0 radical (unpaired) electrons. The van der Waals surface area contributed by atoms with Crippen molar-refractivity contribution in [3.05, 3.63) is 52.7 Å². The largest absolute Gasteiger partial charge is 0.229 e. The molecule has 0 aliphatic rings. The summed E-state index contributed by atoms with van der Waals surface area (Å²) >= 11 is 3.57. The van der Waals surface area contributed by atoms with Crippen molar-refractivity contribution >= 4 is 33.3 Å². The molecule has 4 heteroatoms. The predicted octanol–water partition coefficient (Wildman–Crippen LogP) is 4.85. The summed E-state index contributed by atoms with van der Waals surface area (Å²) in [5.41, 5.74) is 2.71. The van der Waals surface area contributed by atoms with E-state index in [0.29, 0.717) is 0 Å². The summed E-state index contributed by atoms with van der Waals surface area (Å²) in [4.78, 5) is 11.3. The lowest BCUT2D eigenvalue weighted by Gasteiger charge is -2.05. The number of fused-ring (bicyclic) bond motifs is 1. The summed E-state index contributed by atoms with van der Waals surface area (Å²) in [6, 6.07) is 10.8. The Hall–Kier alpha value is -1.39. The van der Waals surface area contributed by atoms with Crippen molar-refractivity contribution in [1.29, 1.82) is 0 Å². The number of benzene rings is 1. The average molecular weight is 300 g/mol. The zero-order valence-electron chi connectivity index (χ0n) is 11.6. The molecule has 3 aromatic rings. The highest BCUT2D eigenvalue weighted by Crippen LogP contribution is 2.32. The van der Waals surface area contributed by atoms with Gasteiger partial charge in [0.2, 0.25) is 0 Å². The molecular weight excluding hydrogens is 284 g/mol. The zero-order chi connectivity index (χ0) is 13.9. The van der Waals surface area contributed by atoms with Crippen LogP contribution in [-0.4, -0.2) is 9.97 Å². The van der Waals surface area contributed by atoms with E-state index in [-0.39, 0.29) is 0 Å². The molecule has 2 aromatic heterocycles. The van der Waals surface area contributed by atoms with Crippen LogP contribution in [0.25, 0.3) is 10.2 Å². The van der Waals surface area contributed by atoms with Crippen molar-refractivity contribution in [3.8, 4) is 0 Å². The van der Waals surface area contributed by atoms with Crippen molar-refractivity contribution in [3.63, 3.8) is 0 Å². The second-order valence-electron chi connectivity index (χ2n) is 4.68. The minimum atomic E-state index is 0.954. The Bertz CT molecular complexity index is 734. The molecule has 102 valence electrons. The number of aromatic nitrogens is 2. The Morgan fingerprint density at radius 2 is 2.05 bits per heavy atom. The Balaban J connectivity index is 1.87. The first-order valence-corrected chi connectivity index (χ1v) is 8.49. The van der Waals surface area contributed by atoms with Gasteiger partial charge in [0.1, 0.15) is 16.2 Å². The average Bonchev–Trinajstić information content (AvgIpc) is 2.90. The Kier molecular flexibility index (Phi) is 4.03. The molecule has 0 amide bonds. The monoisotopic (exact) mass is 300 g/mol. The van der Waals surface area contributed by atoms with Gasteiger partial charge in [0, 0.05) is 16.0 Å². The summed E-state index contributed by atoms with van der Waals surface area (Å²) < 4.78 is 0. The third-order valence-electron chi connectivity index (χ3n) is 3.32. The Labute approximate surface area is 127 Å². The van der Waals surface area contributed by atoms with Gasteiger partial charge in [0.05, 0.1) is 0 Å². The molecule has 20 heavy (non-hydrogen) atoms. The molecule has 0 unspecified atom stereocenters. The first kappa shape index (κ1) is 13.6. The van der Waals surface area contributed by atoms with Crippen LogP contribution in [0.3, 0.4) is 0 Å². The van der Waals surface area contributed by atoms with E-state index in [1.807, 2.05) is 0 Å². The molecule has 0 spiro atoms. The van der Waals surface area contributed by atoms with Crippen LogP contribution in [0.2, 0.25) is 0 Å². The number of thioether (sulfide) groups is 1. The fraction of sp³-hybridized carbons (Fsp3) is 0.250. The first-order valence-electron chi connectivity index (χ1n) is 6.68. The van der Waals surface area contributed by atoms with Crippen molar-refractivity contribution in [2.45, 2.75) is 31.0 Å². The van der Waals surface area contributed by atoms with Crippen LogP contribution in [0.1, 0.15) is 22.9 Å². The molecule has 0 saturated carbocycles. The van der Waals surface area contributed by atoms with Crippen LogP contribution in [-0.2, 0) is 12.2 Å². The van der Waals surface area contributed by atoms with Crippen LogP contribution in [0.15, 0.2) is 41.7 Å². The lowest BCUT2D eigenvalue weighted by atomic mass is 10.1. The van der Waals surface area contributed by atoms with E-state index in [9.17, 15) is 0 Å². The fourth-order valence-electron chi connectivity index (χ4n) is 2.09. The van der Waals surface area contributed by atoms with E-state index in [1.54, 1.807) is 29.4 Å². The third-order valence-corrected chi connectivity index (χ3v) is 5.56. The molecular formula is C16H16N2S2. The standard InChI is InChI=1S/C16H16N2S2/c1-3-13-8-14-15(17-10-18-16(14)20-13)19-9-12-7-5-4-6-11(12)2/h4-8,10H,3,9H2,1-2H3. The van der Waals surface area contributed by atoms with Crippen LogP contribution >= 0.6 is 23.1 Å². The topological polar surface area (TPSA) is 25.8 Å². The van der Waals surface area contributed by atoms with Crippen LogP contribution in [0, 0.1) is 6.92 Å². The van der Waals surface area contributed by atoms with Gasteiger partial charge < -0.3 is 0 Å². The van der Waals surface area contributed by atoms with Crippen LogP contribution in [0.4, 0.5) is 0 Å². The maximum atomic E-state index is 4.46. The van der Waals surface area contributed by atoms with Crippen LogP contribution < -0.4 is 0 Å². The van der Waals surface area contributed by atoms with E-state index in [0.717, 1.165) is 22.0 Å². The van der Waals surface area contributed by atoms with Gasteiger partial charge in [0.25, 0.3) is 0 Å². The van der Waals surface area contributed by atoms with Crippen molar-refractivity contribution in [2.24, 2.45) is 0 Å². The second-order valence-corrected chi connectivity index (χ2v) is 6.76. The highest BCUT2D eigenvalue weighted by Gasteiger charge is 2.09. The van der Waals surface area contributed by atoms with Gasteiger partial charge in [-0.15, -0.1) is 23.1 Å². The maximum Gasteiger partial charge on any atom is 0.128 e. The number of rotatable bonds is 4. The van der Waals surface area contributed by atoms with E-state index in [2.05, 4.69) is 54.1 Å². The molecule has 2 nitrogen and oxygen atoms in total. The molecule has 0 bridgehead atoms. The fourth-order valence-corrected chi connectivity index (χ4v) is 4.14. The van der Waals surface area contributed by atoms with Gasteiger partial charge >= 0.3 is 0 Å². The number of aryl methyl sites for hydroxylation is 2. The summed E-state index contributed by atoms with van der Waals surface area (Å²) in [6.45, 7) is 4.34. The van der Waals surface area contributed by atoms with Gasteiger partial charge in [-0.25, -0.2) is 9.97 Å². The molecule has 0 fully saturated rings. The molecule has 0 atom stereocenters. The van der Waals surface area contributed by atoms with Gasteiger partial charge in [0.15, 0.2) is 0 Å². The molecule has 2 heterocycles. The lowest BCUT2D eigenvalue weighted by Crippen LogP contribution is -1.88. The van der Waals surface area contributed by atoms with E-state index in [4.69, 9.17) is 0 Å². The first-order chi connectivity index (χ1) is 9.78. The third kappa shape index (κ3) is 2.72. The number of hydrogen-bond acceptors (Lipinski definition) is 4. The molecule has 0 aliphatic heterocycles. The molecule has 0 N–H and O–H groups in total. The van der Waals surface area contributed by atoms with Gasteiger partial charge in [-0.05, 0) is 30.5 Å². The normalized spacial score (nSPS) is 11.1.